The Morgan fingerprint density at radius 3 is 2.57 bits per heavy atom. The summed E-state index contributed by atoms with van der Waals surface area (Å²) in [6.07, 6.45) is 1.31. The summed E-state index contributed by atoms with van der Waals surface area (Å²) in [4.78, 5) is 6.33. The first-order valence-electron chi connectivity index (χ1n) is 7.19. The third-order valence-corrected chi connectivity index (χ3v) is 4.06. The molecule has 2 aromatic rings. The number of nitrogens with zero attached hydrogens (tertiary/aromatic N) is 4. The van der Waals surface area contributed by atoms with Crippen LogP contribution in [0.15, 0.2) is 12.3 Å². The number of hydrogen-bond acceptors (Lipinski definition) is 4. The van der Waals surface area contributed by atoms with E-state index < -0.39 is 0 Å². The third kappa shape index (κ3) is 2.51. The molecule has 1 N–H and O–H groups in total. The maximum absolute atomic E-state index is 14.1. The first-order chi connectivity index (χ1) is 10.1. The van der Waals surface area contributed by atoms with Crippen molar-refractivity contribution in [3.8, 4) is 11.4 Å². The van der Waals surface area contributed by atoms with Gasteiger partial charge in [0.15, 0.2) is 5.82 Å². The van der Waals surface area contributed by atoms with Gasteiger partial charge in [0.05, 0.1) is 29.0 Å². The summed E-state index contributed by atoms with van der Waals surface area (Å²) in [5.74, 6) is -0.266. The molecule has 0 bridgehead atoms. The molecule has 0 unspecified atom stereocenters. The van der Waals surface area contributed by atoms with Crippen LogP contribution in [0.2, 0.25) is 0 Å². The van der Waals surface area contributed by atoms with Gasteiger partial charge in [0.1, 0.15) is 0 Å². The van der Waals surface area contributed by atoms with Gasteiger partial charge in [0, 0.05) is 33.2 Å². The molecule has 21 heavy (non-hydrogen) atoms. The molecule has 0 spiro atoms. The number of halogens is 1. The van der Waals surface area contributed by atoms with Gasteiger partial charge in [-0.05, 0) is 25.5 Å². The summed E-state index contributed by atoms with van der Waals surface area (Å²) in [7, 11) is 1.89. The lowest BCUT2D eigenvalue weighted by Gasteiger charge is -2.29. The molecule has 5 nitrogen and oxygen atoms in total. The molecule has 1 aliphatic heterocycles. The SMILES string of the molecule is Cc1nn(C)c(-c2cc(N3CCNCC3)c(F)cn2)c1C. The monoisotopic (exact) mass is 289 g/mol. The van der Waals surface area contributed by atoms with Crippen LogP contribution in [-0.4, -0.2) is 40.9 Å². The van der Waals surface area contributed by atoms with E-state index >= 15 is 0 Å². The van der Waals surface area contributed by atoms with Gasteiger partial charge in [-0.15, -0.1) is 0 Å². The minimum atomic E-state index is -0.266. The molecule has 112 valence electrons. The van der Waals surface area contributed by atoms with Crippen LogP contribution in [0.25, 0.3) is 11.4 Å². The van der Waals surface area contributed by atoms with Crippen molar-refractivity contribution in [2.45, 2.75) is 13.8 Å². The van der Waals surface area contributed by atoms with Crippen LogP contribution in [-0.2, 0) is 7.05 Å². The van der Waals surface area contributed by atoms with Gasteiger partial charge < -0.3 is 10.2 Å². The van der Waals surface area contributed by atoms with Crippen molar-refractivity contribution in [1.82, 2.24) is 20.1 Å². The van der Waals surface area contributed by atoms with Crippen molar-refractivity contribution in [1.29, 1.82) is 0 Å². The number of anilines is 1. The van der Waals surface area contributed by atoms with Crippen molar-refractivity contribution in [2.24, 2.45) is 7.05 Å². The number of rotatable bonds is 2. The smallest absolute Gasteiger partial charge is 0.164 e. The molecule has 0 atom stereocenters. The minimum absolute atomic E-state index is 0.266. The maximum Gasteiger partial charge on any atom is 0.164 e. The van der Waals surface area contributed by atoms with E-state index in [4.69, 9.17) is 0 Å². The van der Waals surface area contributed by atoms with Gasteiger partial charge in [0.25, 0.3) is 0 Å². The summed E-state index contributed by atoms with van der Waals surface area (Å²) in [5.41, 5.74) is 4.40. The topological polar surface area (TPSA) is 46.0 Å². The van der Waals surface area contributed by atoms with Crippen LogP contribution in [0.3, 0.4) is 0 Å². The van der Waals surface area contributed by atoms with Crippen molar-refractivity contribution in [3.05, 3.63) is 29.3 Å². The van der Waals surface area contributed by atoms with E-state index in [0.29, 0.717) is 5.69 Å². The molecule has 0 amide bonds. The Morgan fingerprint density at radius 1 is 1.24 bits per heavy atom. The van der Waals surface area contributed by atoms with Crippen molar-refractivity contribution in [2.75, 3.05) is 31.1 Å². The number of nitrogens with one attached hydrogen (secondary N) is 1. The van der Waals surface area contributed by atoms with E-state index in [1.54, 1.807) is 0 Å². The molecule has 1 saturated heterocycles. The lowest BCUT2D eigenvalue weighted by Crippen LogP contribution is -2.43. The fraction of sp³-hybridized carbons (Fsp3) is 0.467. The number of pyridine rings is 1. The standard InChI is InChI=1S/C15H20FN5/c1-10-11(2)19-20(3)15(10)13-8-14(12(16)9-18-13)21-6-4-17-5-7-21/h8-9,17H,4-7H2,1-3H3. The Labute approximate surface area is 123 Å². The largest absolute Gasteiger partial charge is 0.367 e. The number of hydrogen-bond donors (Lipinski definition) is 1. The second-order valence-electron chi connectivity index (χ2n) is 5.44. The number of aryl methyl sites for hydroxylation is 2. The molecule has 3 rings (SSSR count). The van der Waals surface area contributed by atoms with Crippen LogP contribution in [0, 0.1) is 19.7 Å². The molecular formula is C15H20FN5. The van der Waals surface area contributed by atoms with E-state index in [0.717, 1.165) is 48.8 Å². The molecule has 0 aromatic carbocycles. The summed E-state index contributed by atoms with van der Waals surface area (Å²) in [6, 6.07) is 1.84. The van der Waals surface area contributed by atoms with Gasteiger partial charge in [-0.1, -0.05) is 0 Å². The first-order valence-corrected chi connectivity index (χ1v) is 7.19. The lowest BCUT2D eigenvalue weighted by molar-refractivity contribution is 0.564. The summed E-state index contributed by atoms with van der Waals surface area (Å²) < 4.78 is 15.9. The highest BCUT2D eigenvalue weighted by Gasteiger charge is 2.19. The van der Waals surface area contributed by atoms with Crippen molar-refractivity contribution in [3.63, 3.8) is 0 Å². The van der Waals surface area contributed by atoms with E-state index in [9.17, 15) is 4.39 Å². The van der Waals surface area contributed by atoms with Crippen LogP contribution in [0.4, 0.5) is 10.1 Å². The van der Waals surface area contributed by atoms with Gasteiger partial charge >= 0.3 is 0 Å². The zero-order valence-electron chi connectivity index (χ0n) is 12.6. The van der Waals surface area contributed by atoms with Crippen LogP contribution < -0.4 is 10.2 Å². The Kier molecular flexibility index (Phi) is 3.63. The van der Waals surface area contributed by atoms with Gasteiger partial charge in [-0.3, -0.25) is 9.67 Å². The zero-order valence-corrected chi connectivity index (χ0v) is 12.6. The first kappa shape index (κ1) is 14.0. The average molecular weight is 289 g/mol. The van der Waals surface area contributed by atoms with Crippen LogP contribution in [0.5, 0.6) is 0 Å². The van der Waals surface area contributed by atoms with Crippen LogP contribution >= 0.6 is 0 Å². The molecular weight excluding hydrogens is 269 g/mol. The summed E-state index contributed by atoms with van der Waals surface area (Å²) in [5, 5.41) is 7.69. The predicted octanol–water partition coefficient (Wildman–Crippen LogP) is 1.65. The highest BCUT2D eigenvalue weighted by atomic mass is 19.1. The lowest BCUT2D eigenvalue weighted by atomic mass is 10.1. The Morgan fingerprint density at radius 2 is 1.95 bits per heavy atom. The van der Waals surface area contributed by atoms with Gasteiger partial charge in [-0.2, -0.15) is 5.10 Å². The molecule has 6 heteroatoms. The molecule has 0 saturated carbocycles. The molecule has 0 radical (unpaired) electrons. The quantitative estimate of drug-likeness (QED) is 0.913. The fourth-order valence-corrected chi connectivity index (χ4v) is 2.83. The molecule has 1 aliphatic rings. The average Bonchev–Trinajstić information content (AvgIpc) is 2.74. The second-order valence-corrected chi connectivity index (χ2v) is 5.44. The Bertz CT molecular complexity index is 658. The molecule has 1 fully saturated rings. The molecule has 0 aliphatic carbocycles. The summed E-state index contributed by atoms with van der Waals surface area (Å²) in [6.45, 7) is 7.36. The van der Waals surface area contributed by atoms with Gasteiger partial charge in [-0.25, -0.2) is 4.39 Å². The fourth-order valence-electron chi connectivity index (χ4n) is 2.83. The number of piperazine rings is 1. The Balaban J connectivity index is 2.04. The molecule has 3 heterocycles. The Hall–Kier alpha value is -1.95. The van der Waals surface area contributed by atoms with Crippen molar-refractivity contribution < 1.29 is 4.39 Å². The minimum Gasteiger partial charge on any atom is -0.367 e. The number of aromatic nitrogens is 3. The predicted molar refractivity (Wildman–Crippen MR) is 81.0 cm³/mol. The highest BCUT2D eigenvalue weighted by Crippen LogP contribution is 2.28. The molecule has 2 aromatic heterocycles. The van der Waals surface area contributed by atoms with Gasteiger partial charge in [0.2, 0.25) is 0 Å². The zero-order chi connectivity index (χ0) is 15.0. The maximum atomic E-state index is 14.1. The van der Waals surface area contributed by atoms with Crippen molar-refractivity contribution >= 4 is 5.69 Å². The van der Waals surface area contributed by atoms with E-state index in [2.05, 4.69) is 20.3 Å². The third-order valence-electron chi connectivity index (χ3n) is 4.06. The van der Waals surface area contributed by atoms with Crippen LogP contribution in [0.1, 0.15) is 11.3 Å². The van der Waals surface area contributed by atoms with E-state index in [-0.39, 0.29) is 5.82 Å². The highest BCUT2D eigenvalue weighted by molar-refractivity contribution is 5.65. The normalized spacial score (nSPS) is 15.5. The summed E-state index contributed by atoms with van der Waals surface area (Å²) >= 11 is 0. The van der Waals surface area contributed by atoms with E-state index in [1.165, 1.54) is 6.20 Å². The second kappa shape index (κ2) is 5.44. The van der Waals surface area contributed by atoms with E-state index in [1.807, 2.05) is 31.6 Å².